The number of carbonyl (C=O) groups is 2. The number of primary amides is 1. The Balaban J connectivity index is 2.31. The third kappa shape index (κ3) is 2.65. The Hall–Kier alpha value is -2.15. The number of aliphatic carboxylic acids is 1. The number of carboxylic acids is 1. The molecule has 102 valence electrons. The molecule has 1 aromatic rings. The van der Waals surface area contributed by atoms with E-state index in [2.05, 4.69) is 4.98 Å². The summed E-state index contributed by atoms with van der Waals surface area (Å²) < 4.78 is 5.21. The van der Waals surface area contributed by atoms with Crippen LogP contribution >= 0.6 is 0 Å². The Morgan fingerprint density at radius 1 is 1.58 bits per heavy atom. The first-order valence-electron chi connectivity index (χ1n) is 5.81. The lowest BCUT2D eigenvalue weighted by Gasteiger charge is -2.23. The molecule has 0 saturated carbocycles. The summed E-state index contributed by atoms with van der Waals surface area (Å²) in [5.74, 6) is -1.56. The molecule has 2 unspecified atom stereocenters. The molecule has 1 aliphatic rings. The number of rotatable bonds is 4. The summed E-state index contributed by atoms with van der Waals surface area (Å²) in [5, 5.41) is 9.23. The van der Waals surface area contributed by atoms with E-state index in [1.807, 2.05) is 0 Å². The van der Waals surface area contributed by atoms with Crippen LogP contribution in [0.4, 0.5) is 5.69 Å². The fourth-order valence-corrected chi connectivity index (χ4v) is 2.22. The highest BCUT2D eigenvalue weighted by Crippen LogP contribution is 2.27. The molecule has 19 heavy (non-hydrogen) atoms. The Labute approximate surface area is 110 Å². The van der Waals surface area contributed by atoms with Crippen LogP contribution in [0.25, 0.3) is 0 Å². The Morgan fingerprint density at radius 3 is 2.89 bits per heavy atom. The van der Waals surface area contributed by atoms with Crippen LogP contribution in [0, 0.1) is 0 Å². The molecule has 1 aromatic heterocycles. The summed E-state index contributed by atoms with van der Waals surface area (Å²) in [6.07, 6.45) is 1.69. The van der Waals surface area contributed by atoms with Gasteiger partial charge in [0.1, 0.15) is 11.7 Å². The molecule has 3 N–H and O–H groups in total. The van der Waals surface area contributed by atoms with Crippen molar-refractivity contribution in [1.29, 1.82) is 0 Å². The van der Waals surface area contributed by atoms with E-state index in [1.165, 1.54) is 12.3 Å². The second-order valence-electron chi connectivity index (χ2n) is 4.36. The zero-order valence-corrected chi connectivity index (χ0v) is 10.4. The lowest BCUT2D eigenvalue weighted by Crippen LogP contribution is -2.36. The maximum atomic E-state index is 11.3. The van der Waals surface area contributed by atoms with E-state index in [0.29, 0.717) is 18.7 Å². The predicted octanol–water partition coefficient (Wildman–Crippen LogP) is -0.141. The molecule has 1 saturated heterocycles. The Morgan fingerprint density at radius 2 is 2.32 bits per heavy atom. The molecule has 0 bridgehead atoms. The summed E-state index contributed by atoms with van der Waals surface area (Å²) in [6, 6.07) is 2.48. The number of methoxy groups -OCH3 is 1. The Bertz CT molecular complexity index is 506. The minimum atomic E-state index is -0.919. The van der Waals surface area contributed by atoms with Crippen molar-refractivity contribution in [3.8, 4) is 0 Å². The van der Waals surface area contributed by atoms with Gasteiger partial charge in [-0.25, -0.2) is 4.79 Å². The number of aromatic nitrogens is 1. The van der Waals surface area contributed by atoms with Gasteiger partial charge in [0, 0.05) is 32.0 Å². The van der Waals surface area contributed by atoms with Gasteiger partial charge < -0.3 is 20.5 Å². The number of pyridine rings is 1. The third-order valence-corrected chi connectivity index (χ3v) is 3.21. The van der Waals surface area contributed by atoms with Crippen LogP contribution in [-0.4, -0.2) is 47.8 Å². The highest BCUT2D eigenvalue weighted by molar-refractivity contribution is 5.92. The molecular weight excluding hydrogens is 250 g/mol. The number of carboxylic acid groups (broad SMARTS) is 1. The SMILES string of the molecule is COC1CC(C(=O)O)N(c2ccnc(C(N)=O)c2)C1. The minimum absolute atomic E-state index is 0.113. The molecule has 0 spiro atoms. The van der Waals surface area contributed by atoms with Gasteiger partial charge in [0.05, 0.1) is 6.10 Å². The number of nitrogens with zero attached hydrogens (tertiary/aromatic N) is 2. The van der Waals surface area contributed by atoms with Gasteiger partial charge in [0.15, 0.2) is 0 Å². The van der Waals surface area contributed by atoms with Crippen molar-refractivity contribution in [3.05, 3.63) is 24.0 Å². The number of amides is 1. The second-order valence-corrected chi connectivity index (χ2v) is 4.36. The zero-order valence-electron chi connectivity index (χ0n) is 10.4. The van der Waals surface area contributed by atoms with Crippen molar-refractivity contribution in [2.75, 3.05) is 18.6 Å². The van der Waals surface area contributed by atoms with Crippen LogP contribution in [0.5, 0.6) is 0 Å². The van der Waals surface area contributed by atoms with E-state index in [0.717, 1.165) is 0 Å². The van der Waals surface area contributed by atoms with Crippen LogP contribution in [0.3, 0.4) is 0 Å². The van der Waals surface area contributed by atoms with Gasteiger partial charge in [-0.15, -0.1) is 0 Å². The van der Waals surface area contributed by atoms with E-state index in [1.54, 1.807) is 18.1 Å². The van der Waals surface area contributed by atoms with Crippen molar-refractivity contribution in [2.45, 2.75) is 18.6 Å². The first-order chi connectivity index (χ1) is 9.02. The monoisotopic (exact) mass is 265 g/mol. The highest BCUT2D eigenvalue weighted by atomic mass is 16.5. The summed E-state index contributed by atoms with van der Waals surface area (Å²) >= 11 is 0. The first-order valence-corrected chi connectivity index (χ1v) is 5.81. The van der Waals surface area contributed by atoms with Crippen LogP contribution in [-0.2, 0) is 9.53 Å². The summed E-state index contributed by atoms with van der Waals surface area (Å²) in [7, 11) is 1.55. The molecule has 1 amide bonds. The van der Waals surface area contributed by atoms with Gasteiger partial charge >= 0.3 is 5.97 Å². The van der Waals surface area contributed by atoms with E-state index >= 15 is 0 Å². The van der Waals surface area contributed by atoms with Gasteiger partial charge in [-0.2, -0.15) is 0 Å². The molecule has 1 aliphatic heterocycles. The second kappa shape index (κ2) is 5.23. The fraction of sp³-hybridized carbons (Fsp3) is 0.417. The quantitative estimate of drug-likeness (QED) is 0.784. The zero-order chi connectivity index (χ0) is 14.0. The molecule has 1 fully saturated rings. The van der Waals surface area contributed by atoms with E-state index < -0.39 is 17.9 Å². The molecule has 2 atom stereocenters. The molecule has 2 heterocycles. The smallest absolute Gasteiger partial charge is 0.326 e. The number of anilines is 1. The lowest BCUT2D eigenvalue weighted by molar-refractivity contribution is -0.138. The lowest BCUT2D eigenvalue weighted by atomic mass is 10.2. The maximum Gasteiger partial charge on any atom is 0.326 e. The van der Waals surface area contributed by atoms with Gasteiger partial charge in [0.2, 0.25) is 0 Å². The van der Waals surface area contributed by atoms with Gasteiger partial charge in [-0.05, 0) is 12.1 Å². The third-order valence-electron chi connectivity index (χ3n) is 3.21. The van der Waals surface area contributed by atoms with Crippen LogP contribution in [0.2, 0.25) is 0 Å². The topological polar surface area (TPSA) is 106 Å². The van der Waals surface area contributed by atoms with E-state index in [4.69, 9.17) is 10.5 Å². The molecule has 2 rings (SSSR count). The number of hydrogen-bond acceptors (Lipinski definition) is 5. The van der Waals surface area contributed by atoms with Gasteiger partial charge in [-0.3, -0.25) is 9.78 Å². The molecular formula is C12H15N3O4. The molecule has 0 aromatic carbocycles. The number of nitrogens with two attached hydrogens (primary N) is 1. The average Bonchev–Trinajstić information content (AvgIpc) is 2.83. The maximum absolute atomic E-state index is 11.3. The van der Waals surface area contributed by atoms with Gasteiger partial charge in [0.25, 0.3) is 5.91 Å². The van der Waals surface area contributed by atoms with Crippen molar-refractivity contribution >= 4 is 17.6 Å². The Kier molecular flexibility index (Phi) is 3.66. The molecule has 0 aliphatic carbocycles. The van der Waals surface area contributed by atoms with Crippen molar-refractivity contribution in [1.82, 2.24) is 4.98 Å². The van der Waals surface area contributed by atoms with Crippen LogP contribution < -0.4 is 10.6 Å². The first kappa shape index (κ1) is 13.3. The highest BCUT2D eigenvalue weighted by Gasteiger charge is 2.37. The molecule has 0 radical (unpaired) electrons. The fourth-order valence-electron chi connectivity index (χ4n) is 2.22. The summed E-state index contributed by atoms with van der Waals surface area (Å²) in [6.45, 7) is 0.454. The van der Waals surface area contributed by atoms with Crippen molar-refractivity contribution in [2.24, 2.45) is 5.73 Å². The van der Waals surface area contributed by atoms with E-state index in [-0.39, 0.29) is 11.8 Å². The number of carbonyl (C=O) groups excluding carboxylic acids is 1. The summed E-state index contributed by atoms with van der Waals surface area (Å²) in [4.78, 5) is 27.9. The van der Waals surface area contributed by atoms with Crippen LogP contribution in [0.15, 0.2) is 18.3 Å². The standard InChI is InChI=1S/C12H15N3O4/c1-19-8-5-10(12(17)18)15(6-8)7-2-3-14-9(4-7)11(13)16/h2-4,8,10H,5-6H2,1H3,(H2,13,16)(H,17,18). The molecule has 7 nitrogen and oxygen atoms in total. The largest absolute Gasteiger partial charge is 0.480 e. The summed E-state index contributed by atoms with van der Waals surface area (Å²) in [5.41, 5.74) is 5.89. The van der Waals surface area contributed by atoms with Crippen molar-refractivity contribution < 1.29 is 19.4 Å². The number of hydrogen-bond donors (Lipinski definition) is 2. The van der Waals surface area contributed by atoms with E-state index in [9.17, 15) is 14.7 Å². The van der Waals surface area contributed by atoms with Crippen LogP contribution in [0.1, 0.15) is 16.9 Å². The average molecular weight is 265 g/mol. The number of ether oxygens (including phenoxy) is 1. The predicted molar refractivity (Wildman–Crippen MR) is 66.9 cm³/mol. The molecule has 7 heteroatoms. The van der Waals surface area contributed by atoms with Gasteiger partial charge in [-0.1, -0.05) is 0 Å². The van der Waals surface area contributed by atoms with Crippen molar-refractivity contribution in [3.63, 3.8) is 0 Å². The minimum Gasteiger partial charge on any atom is -0.480 e. The normalized spacial score (nSPS) is 22.5.